The molecule has 3 rings (SSSR count). The largest absolute Gasteiger partial charge is 0.316 e. The van der Waals surface area contributed by atoms with E-state index in [0.717, 1.165) is 35.6 Å². The van der Waals surface area contributed by atoms with Gasteiger partial charge in [-0.05, 0) is 48.9 Å². The van der Waals surface area contributed by atoms with Gasteiger partial charge >= 0.3 is 0 Å². The van der Waals surface area contributed by atoms with E-state index in [4.69, 9.17) is 11.6 Å². The van der Waals surface area contributed by atoms with Crippen LogP contribution in [0.1, 0.15) is 17.7 Å². The zero-order valence-electron chi connectivity index (χ0n) is 9.33. The number of aryl methyl sites for hydroxylation is 1. The first kappa shape index (κ1) is 10.3. The molecule has 1 aliphatic carbocycles. The highest BCUT2D eigenvalue weighted by Gasteiger charge is 2.31. The van der Waals surface area contributed by atoms with Crippen molar-refractivity contribution >= 4 is 17.2 Å². The minimum atomic E-state index is 0.718. The molecular weight excluding hydrogens is 220 g/mol. The van der Waals surface area contributed by atoms with Gasteiger partial charge in [-0.15, -0.1) is 0 Å². The maximum absolute atomic E-state index is 6.11. The van der Waals surface area contributed by atoms with Gasteiger partial charge in [0.05, 0.1) is 10.7 Å². The van der Waals surface area contributed by atoms with Crippen LogP contribution >= 0.6 is 11.6 Å². The van der Waals surface area contributed by atoms with Gasteiger partial charge in [-0.3, -0.25) is 4.98 Å². The number of hydrogen-bond donors (Lipinski definition) is 1. The van der Waals surface area contributed by atoms with Gasteiger partial charge in [0.2, 0.25) is 0 Å². The van der Waals surface area contributed by atoms with Gasteiger partial charge in [0.1, 0.15) is 0 Å². The van der Waals surface area contributed by atoms with Crippen molar-refractivity contribution in [2.45, 2.75) is 13.3 Å². The van der Waals surface area contributed by atoms with E-state index < -0.39 is 0 Å². The molecule has 0 amide bonds. The number of nitrogens with one attached hydrogen (secondary N) is 1. The van der Waals surface area contributed by atoms with Gasteiger partial charge in [0, 0.05) is 12.7 Å². The minimum absolute atomic E-state index is 0.718. The molecule has 0 bridgehead atoms. The third kappa shape index (κ3) is 1.66. The predicted octanol–water partition coefficient (Wildman–Crippen LogP) is 2.67. The molecule has 2 atom stereocenters. The van der Waals surface area contributed by atoms with Crippen LogP contribution in [0.5, 0.6) is 0 Å². The summed E-state index contributed by atoms with van der Waals surface area (Å²) >= 11 is 6.11. The van der Waals surface area contributed by atoms with E-state index in [9.17, 15) is 0 Å². The molecule has 2 heterocycles. The van der Waals surface area contributed by atoms with Gasteiger partial charge in [-0.2, -0.15) is 0 Å². The van der Waals surface area contributed by atoms with E-state index in [2.05, 4.69) is 16.4 Å². The first-order valence-electron chi connectivity index (χ1n) is 5.78. The summed E-state index contributed by atoms with van der Waals surface area (Å²) in [6.45, 7) is 4.21. The Morgan fingerprint density at radius 2 is 2.31 bits per heavy atom. The number of hydrogen-bond acceptors (Lipinski definition) is 2. The van der Waals surface area contributed by atoms with Crippen molar-refractivity contribution in [2.24, 2.45) is 11.8 Å². The normalized spacial score (nSPS) is 28.0. The van der Waals surface area contributed by atoms with Gasteiger partial charge < -0.3 is 5.32 Å². The fourth-order valence-electron chi connectivity index (χ4n) is 2.68. The molecule has 84 valence electrons. The van der Waals surface area contributed by atoms with Crippen molar-refractivity contribution in [1.82, 2.24) is 10.3 Å². The number of rotatable bonds is 1. The third-order valence-corrected chi connectivity index (χ3v) is 4.07. The SMILES string of the molecule is Cc1ncc(C2=C[C@H]3CNC[C@H]3C2)cc1Cl. The topological polar surface area (TPSA) is 24.9 Å². The van der Waals surface area contributed by atoms with E-state index in [1.807, 2.05) is 19.2 Å². The number of nitrogens with zero attached hydrogens (tertiary/aromatic N) is 1. The lowest BCUT2D eigenvalue weighted by molar-refractivity contribution is 0.536. The Kier molecular flexibility index (Phi) is 2.49. The van der Waals surface area contributed by atoms with E-state index in [1.165, 1.54) is 17.6 Å². The molecule has 1 saturated heterocycles. The van der Waals surface area contributed by atoms with E-state index in [-0.39, 0.29) is 0 Å². The molecule has 0 unspecified atom stereocenters. The standard InChI is InChI=1S/C13H15ClN2/c1-8-13(14)4-12(7-16-8)9-2-10-5-15-6-11(10)3-9/h2,4,7,10-11,15H,3,5-6H2,1H3/t10-,11+/m0/s1. The zero-order chi connectivity index (χ0) is 11.1. The van der Waals surface area contributed by atoms with E-state index >= 15 is 0 Å². The van der Waals surface area contributed by atoms with Crippen LogP contribution in [-0.2, 0) is 0 Å². The van der Waals surface area contributed by atoms with Crippen LogP contribution in [-0.4, -0.2) is 18.1 Å². The van der Waals surface area contributed by atoms with Crippen molar-refractivity contribution in [3.63, 3.8) is 0 Å². The van der Waals surface area contributed by atoms with Crippen molar-refractivity contribution in [1.29, 1.82) is 0 Å². The molecule has 2 aliphatic rings. The fraction of sp³-hybridized carbons (Fsp3) is 0.462. The quantitative estimate of drug-likeness (QED) is 0.808. The Morgan fingerprint density at radius 3 is 3.06 bits per heavy atom. The highest BCUT2D eigenvalue weighted by molar-refractivity contribution is 6.31. The van der Waals surface area contributed by atoms with Gasteiger partial charge in [0.15, 0.2) is 0 Å². The maximum atomic E-state index is 6.11. The second-order valence-corrected chi connectivity index (χ2v) is 5.18. The van der Waals surface area contributed by atoms with Crippen LogP contribution in [0.15, 0.2) is 18.3 Å². The summed E-state index contributed by atoms with van der Waals surface area (Å²) in [5, 5.41) is 4.20. The Hall–Kier alpha value is -0.860. The molecule has 1 aromatic heterocycles. The third-order valence-electron chi connectivity index (χ3n) is 3.69. The molecule has 3 heteroatoms. The number of aromatic nitrogens is 1. The lowest BCUT2D eigenvalue weighted by atomic mass is 9.99. The lowest BCUT2D eigenvalue weighted by Crippen LogP contribution is -2.09. The lowest BCUT2D eigenvalue weighted by Gasteiger charge is -2.07. The monoisotopic (exact) mass is 234 g/mol. The van der Waals surface area contributed by atoms with Gasteiger partial charge in [-0.1, -0.05) is 17.7 Å². The van der Waals surface area contributed by atoms with Crippen molar-refractivity contribution < 1.29 is 0 Å². The van der Waals surface area contributed by atoms with Crippen LogP contribution in [0, 0.1) is 18.8 Å². The summed E-state index contributed by atoms with van der Waals surface area (Å²) < 4.78 is 0. The number of halogens is 1. The van der Waals surface area contributed by atoms with Crippen molar-refractivity contribution in [3.05, 3.63) is 34.6 Å². The summed E-state index contributed by atoms with van der Waals surface area (Å²) in [6.07, 6.45) is 5.51. The first-order valence-corrected chi connectivity index (χ1v) is 6.16. The number of allylic oxidation sites excluding steroid dienone is 1. The van der Waals surface area contributed by atoms with E-state index in [1.54, 1.807) is 0 Å². The average molecular weight is 235 g/mol. The second kappa shape index (κ2) is 3.86. The summed E-state index contributed by atoms with van der Waals surface area (Å²) in [6, 6.07) is 2.05. The smallest absolute Gasteiger partial charge is 0.0624 e. The van der Waals surface area contributed by atoms with E-state index in [0.29, 0.717) is 0 Å². The van der Waals surface area contributed by atoms with Crippen LogP contribution in [0.2, 0.25) is 5.02 Å². The van der Waals surface area contributed by atoms with Crippen molar-refractivity contribution in [2.75, 3.05) is 13.1 Å². The Bertz CT molecular complexity index is 453. The maximum Gasteiger partial charge on any atom is 0.0624 e. The molecule has 1 N–H and O–H groups in total. The highest BCUT2D eigenvalue weighted by atomic mass is 35.5. The van der Waals surface area contributed by atoms with Gasteiger partial charge in [-0.25, -0.2) is 0 Å². The van der Waals surface area contributed by atoms with Crippen LogP contribution in [0.4, 0.5) is 0 Å². The molecular formula is C13H15ClN2. The summed E-state index contributed by atoms with van der Waals surface area (Å²) in [5.74, 6) is 1.50. The number of fused-ring (bicyclic) bond motifs is 1. The molecule has 1 aliphatic heterocycles. The molecule has 16 heavy (non-hydrogen) atoms. The zero-order valence-corrected chi connectivity index (χ0v) is 10.1. The molecule has 1 aromatic rings. The van der Waals surface area contributed by atoms with Crippen LogP contribution < -0.4 is 5.32 Å². The summed E-state index contributed by atoms with van der Waals surface area (Å²) in [4.78, 5) is 4.33. The highest BCUT2D eigenvalue weighted by Crippen LogP contribution is 2.38. The average Bonchev–Trinajstić information content (AvgIpc) is 2.81. The van der Waals surface area contributed by atoms with Crippen molar-refractivity contribution in [3.8, 4) is 0 Å². The van der Waals surface area contributed by atoms with Gasteiger partial charge in [0.25, 0.3) is 0 Å². The second-order valence-electron chi connectivity index (χ2n) is 4.77. The minimum Gasteiger partial charge on any atom is -0.316 e. The Morgan fingerprint density at radius 1 is 1.44 bits per heavy atom. The summed E-state index contributed by atoms with van der Waals surface area (Å²) in [7, 11) is 0. The van der Waals surface area contributed by atoms with Crippen LogP contribution in [0.25, 0.3) is 5.57 Å². The molecule has 0 saturated carbocycles. The number of pyridine rings is 1. The first-order chi connectivity index (χ1) is 7.74. The molecule has 0 radical (unpaired) electrons. The molecule has 0 aromatic carbocycles. The molecule has 1 fully saturated rings. The van der Waals surface area contributed by atoms with Crippen LogP contribution in [0.3, 0.4) is 0 Å². The molecule has 2 nitrogen and oxygen atoms in total. The predicted molar refractivity (Wildman–Crippen MR) is 66.4 cm³/mol. The Balaban J connectivity index is 1.90. The fourth-order valence-corrected chi connectivity index (χ4v) is 2.84. The molecule has 0 spiro atoms. The Labute approximate surface area is 101 Å². The summed E-state index contributed by atoms with van der Waals surface area (Å²) in [5.41, 5.74) is 3.53.